The highest BCUT2D eigenvalue weighted by atomic mass is 14.9. The van der Waals surface area contributed by atoms with Gasteiger partial charge in [0.25, 0.3) is 0 Å². The molecule has 0 aliphatic heterocycles. The molecule has 1 N–H and O–H groups in total. The van der Waals surface area contributed by atoms with Gasteiger partial charge in [-0.2, -0.15) is 0 Å². The predicted octanol–water partition coefficient (Wildman–Crippen LogP) is 3.12. The Balaban J connectivity index is 2.27. The fourth-order valence-electron chi connectivity index (χ4n) is 2.30. The van der Waals surface area contributed by atoms with Crippen LogP contribution in [0.15, 0.2) is 12.7 Å². The van der Waals surface area contributed by atoms with E-state index >= 15 is 0 Å². The summed E-state index contributed by atoms with van der Waals surface area (Å²) in [5.74, 6) is 0. The Morgan fingerprint density at radius 1 is 1.62 bits per heavy atom. The predicted molar refractivity (Wildman–Crippen MR) is 58.8 cm³/mol. The van der Waals surface area contributed by atoms with Gasteiger partial charge in [-0.1, -0.05) is 19.9 Å². The van der Waals surface area contributed by atoms with E-state index in [1.54, 1.807) is 0 Å². The summed E-state index contributed by atoms with van der Waals surface area (Å²) in [5.41, 5.74) is 0.561. The highest BCUT2D eigenvalue weighted by Crippen LogP contribution is 2.37. The van der Waals surface area contributed by atoms with Crippen LogP contribution in [-0.2, 0) is 0 Å². The summed E-state index contributed by atoms with van der Waals surface area (Å²) in [6.45, 7) is 10.7. The van der Waals surface area contributed by atoms with Gasteiger partial charge in [-0.05, 0) is 38.0 Å². The quantitative estimate of drug-likeness (QED) is 0.657. The lowest BCUT2D eigenvalue weighted by atomic mass is 9.92. The third-order valence-corrected chi connectivity index (χ3v) is 3.01. The first-order valence-electron chi connectivity index (χ1n) is 5.40. The van der Waals surface area contributed by atoms with E-state index in [2.05, 4.69) is 32.7 Å². The van der Waals surface area contributed by atoms with Crippen LogP contribution in [0, 0.1) is 5.41 Å². The van der Waals surface area contributed by atoms with Crippen molar-refractivity contribution in [1.29, 1.82) is 0 Å². The topological polar surface area (TPSA) is 12.0 Å². The largest absolute Gasteiger partial charge is 0.311 e. The lowest BCUT2D eigenvalue weighted by Gasteiger charge is -2.20. The van der Waals surface area contributed by atoms with Crippen LogP contribution in [0.4, 0.5) is 0 Å². The maximum Gasteiger partial charge on any atom is 0.00757 e. The van der Waals surface area contributed by atoms with Crippen molar-refractivity contribution in [2.45, 2.75) is 58.5 Å². The van der Waals surface area contributed by atoms with Crippen LogP contribution in [-0.4, -0.2) is 12.1 Å². The Bertz CT molecular complexity index is 172. The molecular weight excluding hydrogens is 158 g/mol. The van der Waals surface area contributed by atoms with Crippen LogP contribution in [0.1, 0.15) is 46.5 Å². The Kier molecular flexibility index (Phi) is 3.55. The molecule has 76 valence electrons. The van der Waals surface area contributed by atoms with Gasteiger partial charge in [-0.15, -0.1) is 6.58 Å². The van der Waals surface area contributed by atoms with E-state index in [1.165, 1.54) is 19.3 Å². The van der Waals surface area contributed by atoms with Crippen LogP contribution in [0.25, 0.3) is 0 Å². The normalized spacial score (nSPS) is 28.7. The van der Waals surface area contributed by atoms with Crippen molar-refractivity contribution >= 4 is 0 Å². The van der Waals surface area contributed by atoms with Crippen LogP contribution in [0.3, 0.4) is 0 Å². The smallest absolute Gasteiger partial charge is 0.00757 e. The molecule has 2 atom stereocenters. The van der Waals surface area contributed by atoms with E-state index in [9.17, 15) is 0 Å². The first-order valence-corrected chi connectivity index (χ1v) is 5.40. The van der Waals surface area contributed by atoms with Gasteiger partial charge < -0.3 is 5.32 Å². The average Bonchev–Trinajstić information content (AvgIpc) is 2.30. The second-order valence-electron chi connectivity index (χ2n) is 5.20. The lowest BCUT2D eigenvalue weighted by Crippen LogP contribution is -2.34. The first kappa shape index (κ1) is 10.8. The van der Waals surface area contributed by atoms with Gasteiger partial charge in [0.1, 0.15) is 0 Å². The Labute approximate surface area is 82.6 Å². The van der Waals surface area contributed by atoms with Crippen LogP contribution in [0.5, 0.6) is 0 Å². The molecule has 0 radical (unpaired) electrons. The molecule has 1 aliphatic rings. The minimum atomic E-state index is 0.561. The van der Waals surface area contributed by atoms with E-state index in [4.69, 9.17) is 0 Å². The van der Waals surface area contributed by atoms with Crippen molar-refractivity contribution in [1.82, 2.24) is 5.32 Å². The summed E-state index contributed by atoms with van der Waals surface area (Å²) in [6.07, 6.45) is 7.11. The molecular formula is C12H23N. The zero-order chi connectivity index (χ0) is 9.90. The Morgan fingerprint density at radius 3 is 2.77 bits per heavy atom. The molecule has 1 heteroatoms. The van der Waals surface area contributed by atoms with E-state index in [1.807, 2.05) is 6.08 Å². The first-order chi connectivity index (χ1) is 6.03. The lowest BCUT2D eigenvalue weighted by molar-refractivity contribution is 0.355. The summed E-state index contributed by atoms with van der Waals surface area (Å²) in [6, 6.07) is 1.33. The van der Waals surface area contributed by atoms with Crippen molar-refractivity contribution in [3.63, 3.8) is 0 Å². The minimum Gasteiger partial charge on any atom is -0.311 e. The highest BCUT2D eigenvalue weighted by Gasteiger charge is 2.30. The molecule has 0 spiro atoms. The van der Waals surface area contributed by atoms with Crippen molar-refractivity contribution < 1.29 is 0 Å². The molecule has 1 aliphatic carbocycles. The number of nitrogens with one attached hydrogen (secondary N) is 1. The summed E-state index contributed by atoms with van der Waals surface area (Å²) in [5, 5.41) is 3.66. The maximum atomic E-state index is 3.76. The van der Waals surface area contributed by atoms with Crippen molar-refractivity contribution in [3.05, 3.63) is 12.7 Å². The fraction of sp³-hybridized carbons (Fsp3) is 0.833. The molecule has 1 saturated carbocycles. The van der Waals surface area contributed by atoms with Crippen molar-refractivity contribution in [3.8, 4) is 0 Å². The van der Waals surface area contributed by atoms with Crippen molar-refractivity contribution in [2.75, 3.05) is 0 Å². The SMILES string of the molecule is C=CCC(C)NC1CCC(C)(C)C1. The number of hydrogen-bond acceptors (Lipinski definition) is 1. The molecule has 0 aromatic rings. The molecule has 0 heterocycles. The summed E-state index contributed by atoms with van der Waals surface area (Å²) in [7, 11) is 0. The van der Waals surface area contributed by atoms with Gasteiger partial charge in [-0.3, -0.25) is 0 Å². The molecule has 2 unspecified atom stereocenters. The van der Waals surface area contributed by atoms with Gasteiger partial charge in [-0.25, -0.2) is 0 Å². The van der Waals surface area contributed by atoms with Gasteiger partial charge in [0.2, 0.25) is 0 Å². The molecule has 0 aromatic carbocycles. The second-order valence-corrected chi connectivity index (χ2v) is 5.20. The molecule has 1 fully saturated rings. The van der Waals surface area contributed by atoms with E-state index in [0.717, 1.165) is 12.5 Å². The fourth-order valence-corrected chi connectivity index (χ4v) is 2.30. The standard InChI is InChI=1S/C12H23N/c1-5-6-10(2)13-11-7-8-12(3,4)9-11/h5,10-11,13H,1,6-9H2,2-4H3. The third-order valence-electron chi connectivity index (χ3n) is 3.01. The average molecular weight is 181 g/mol. The second kappa shape index (κ2) is 4.28. The van der Waals surface area contributed by atoms with Crippen LogP contribution < -0.4 is 5.32 Å². The number of rotatable bonds is 4. The van der Waals surface area contributed by atoms with Gasteiger partial charge in [0.05, 0.1) is 0 Å². The van der Waals surface area contributed by atoms with E-state index in [-0.39, 0.29) is 0 Å². The van der Waals surface area contributed by atoms with E-state index < -0.39 is 0 Å². The molecule has 0 aromatic heterocycles. The molecule has 1 nitrogen and oxygen atoms in total. The van der Waals surface area contributed by atoms with Gasteiger partial charge in [0.15, 0.2) is 0 Å². The highest BCUT2D eigenvalue weighted by molar-refractivity contribution is 4.88. The summed E-state index contributed by atoms with van der Waals surface area (Å²) >= 11 is 0. The molecule has 0 bridgehead atoms. The Morgan fingerprint density at radius 2 is 2.31 bits per heavy atom. The van der Waals surface area contributed by atoms with Crippen LogP contribution >= 0.6 is 0 Å². The van der Waals surface area contributed by atoms with Crippen LogP contribution in [0.2, 0.25) is 0 Å². The zero-order valence-electron chi connectivity index (χ0n) is 9.27. The zero-order valence-corrected chi connectivity index (χ0v) is 9.27. The maximum absolute atomic E-state index is 3.76. The molecule has 1 rings (SSSR count). The van der Waals surface area contributed by atoms with Gasteiger partial charge >= 0.3 is 0 Å². The summed E-state index contributed by atoms with van der Waals surface area (Å²) in [4.78, 5) is 0. The minimum absolute atomic E-state index is 0.561. The van der Waals surface area contributed by atoms with Gasteiger partial charge in [0, 0.05) is 12.1 Å². The molecule has 13 heavy (non-hydrogen) atoms. The third kappa shape index (κ3) is 3.51. The number of hydrogen-bond donors (Lipinski definition) is 1. The molecule has 0 saturated heterocycles. The van der Waals surface area contributed by atoms with Crippen molar-refractivity contribution in [2.24, 2.45) is 5.41 Å². The monoisotopic (exact) mass is 181 g/mol. The molecule has 0 amide bonds. The Hall–Kier alpha value is -0.300. The van der Waals surface area contributed by atoms with E-state index in [0.29, 0.717) is 11.5 Å². The summed E-state index contributed by atoms with van der Waals surface area (Å²) < 4.78 is 0.